The average Bonchev–Trinajstić information content (AvgIpc) is 2.59. The van der Waals surface area contributed by atoms with Crippen molar-refractivity contribution in [2.75, 3.05) is 14.2 Å². The fraction of sp³-hybridized carbons (Fsp3) is 0.200. The second-order valence-corrected chi connectivity index (χ2v) is 4.52. The summed E-state index contributed by atoms with van der Waals surface area (Å²) < 4.78 is 14.7. The van der Waals surface area contributed by atoms with Gasteiger partial charge in [0.1, 0.15) is 0 Å². The molecule has 0 aliphatic carbocycles. The molecule has 0 fully saturated rings. The topological polar surface area (TPSA) is 105 Å². The molecule has 1 unspecified atom stereocenters. The summed E-state index contributed by atoms with van der Waals surface area (Å²) in [5.74, 6) is -1.34. The highest BCUT2D eigenvalue weighted by atomic mass is 16.6. The molecule has 1 heterocycles. The van der Waals surface area contributed by atoms with Gasteiger partial charge >= 0.3 is 11.9 Å². The third kappa shape index (κ3) is 3.37. The van der Waals surface area contributed by atoms with Crippen molar-refractivity contribution in [3.05, 3.63) is 63.4 Å². The molecule has 0 saturated heterocycles. The summed E-state index contributed by atoms with van der Waals surface area (Å²) in [5, 5.41) is 10.7. The summed E-state index contributed by atoms with van der Waals surface area (Å²) >= 11 is 0. The van der Waals surface area contributed by atoms with Crippen LogP contribution in [0, 0.1) is 10.1 Å². The summed E-state index contributed by atoms with van der Waals surface area (Å²) in [5.41, 5.74) is 0.571. The molecular weight excluding hydrogens is 306 g/mol. The molecule has 0 aromatic heterocycles. The molecule has 0 radical (unpaired) electrons. The van der Waals surface area contributed by atoms with Crippen molar-refractivity contribution >= 4 is 17.6 Å². The lowest BCUT2D eigenvalue weighted by atomic mass is 9.97. The number of esters is 2. The molecule has 2 rings (SSSR count). The van der Waals surface area contributed by atoms with Crippen molar-refractivity contribution in [3.63, 3.8) is 0 Å². The van der Waals surface area contributed by atoms with Crippen LogP contribution in [-0.2, 0) is 23.8 Å². The van der Waals surface area contributed by atoms with Gasteiger partial charge in [-0.1, -0.05) is 0 Å². The maximum Gasteiger partial charge on any atom is 0.341 e. The number of carbonyl (C=O) groups is 2. The lowest BCUT2D eigenvalue weighted by Gasteiger charge is -2.23. The highest BCUT2D eigenvalue weighted by Crippen LogP contribution is 2.32. The minimum atomic E-state index is -0.836. The van der Waals surface area contributed by atoms with Gasteiger partial charge in [0, 0.05) is 12.1 Å². The third-order valence-corrected chi connectivity index (χ3v) is 3.17. The number of nitrogens with zero attached hydrogens (tertiary/aromatic N) is 1. The van der Waals surface area contributed by atoms with Gasteiger partial charge in [0.2, 0.25) is 0 Å². The molecule has 120 valence electrons. The van der Waals surface area contributed by atoms with Gasteiger partial charge in [0.25, 0.3) is 5.69 Å². The number of nitro benzene ring substituents is 1. The Morgan fingerprint density at radius 2 is 1.74 bits per heavy atom. The third-order valence-electron chi connectivity index (χ3n) is 3.17. The van der Waals surface area contributed by atoms with E-state index >= 15 is 0 Å². The van der Waals surface area contributed by atoms with Crippen LogP contribution < -0.4 is 0 Å². The number of hydrogen-bond acceptors (Lipinski definition) is 7. The molecule has 8 heteroatoms. The standard InChI is InChI=1S/C15H13NO7/c1-21-14(17)10-7-12(15(18)22-2)13(23-8-10)9-3-5-11(6-4-9)16(19)20/h3-8,13H,1-2H3. The highest BCUT2D eigenvalue weighted by Gasteiger charge is 2.30. The van der Waals surface area contributed by atoms with Crippen molar-refractivity contribution in [2.45, 2.75) is 6.10 Å². The van der Waals surface area contributed by atoms with Gasteiger partial charge in [-0.3, -0.25) is 10.1 Å². The minimum Gasteiger partial charge on any atom is -0.487 e. The average molecular weight is 319 g/mol. The van der Waals surface area contributed by atoms with Crippen LogP contribution in [0.1, 0.15) is 11.7 Å². The minimum absolute atomic E-state index is 0.0612. The van der Waals surface area contributed by atoms with Gasteiger partial charge in [0.05, 0.1) is 36.6 Å². The summed E-state index contributed by atoms with van der Waals surface area (Å²) in [7, 11) is 2.41. The number of carbonyl (C=O) groups excluding carboxylic acids is 2. The number of methoxy groups -OCH3 is 2. The Morgan fingerprint density at radius 3 is 2.26 bits per heavy atom. The molecule has 1 atom stereocenters. The van der Waals surface area contributed by atoms with Gasteiger partial charge in [-0.2, -0.15) is 0 Å². The van der Waals surface area contributed by atoms with Crippen molar-refractivity contribution < 1.29 is 28.7 Å². The molecule has 23 heavy (non-hydrogen) atoms. The zero-order valence-electron chi connectivity index (χ0n) is 12.3. The van der Waals surface area contributed by atoms with Crippen LogP contribution in [-0.4, -0.2) is 31.1 Å². The van der Waals surface area contributed by atoms with E-state index in [-0.39, 0.29) is 16.8 Å². The normalized spacial score (nSPS) is 16.5. The molecule has 0 N–H and O–H groups in total. The number of rotatable bonds is 4. The Balaban J connectivity index is 2.36. The van der Waals surface area contributed by atoms with E-state index in [9.17, 15) is 19.7 Å². The van der Waals surface area contributed by atoms with Crippen LogP contribution in [0.3, 0.4) is 0 Å². The van der Waals surface area contributed by atoms with Gasteiger partial charge in [-0.05, 0) is 23.8 Å². The monoisotopic (exact) mass is 319 g/mol. The molecule has 0 amide bonds. The first kappa shape index (κ1) is 16.2. The molecule has 8 nitrogen and oxygen atoms in total. The van der Waals surface area contributed by atoms with Gasteiger partial charge < -0.3 is 14.2 Å². The van der Waals surface area contributed by atoms with E-state index in [0.717, 1.165) is 0 Å². The lowest BCUT2D eigenvalue weighted by Crippen LogP contribution is -2.20. The first-order valence-corrected chi connectivity index (χ1v) is 6.46. The van der Waals surface area contributed by atoms with E-state index in [1.165, 1.54) is 50.8 Å². The van der Waals surface area contributed by atoms with E-state index in [1.54, 1.807) is 0 Å². The number of non-ortho nitro benzene ring substituents is 1. The van der Waals surface area contributed by atoms with Gasteiger partial charge in [-0.25, -0.2) is 9.59 Å². The summed E-state index contributed by atoms with van der Waals surface area (Å²) in [4.78, 5) is 33.6. The van der Waals surface area contributed by atoms with Crippen LogP contribution >= 0.6 is 0 Å². The predicted molar refractivity (Wildman–Crippen MR) is 77.1 cm³/mol. The van der Waals surface area contributed by atoms with Gasteiger partial charge in [0.15, 0.2) is 6.10 Å². The van der Waals surface area contributed by atoms with Crippen molar-refractivity contribution in [1.29, 1.82) is 0 Å². The van der Waals surface area contributed by atoms with Crippen LogP contribution in [0.15, 0.2) is 47.7 Å². The Bertz CT molecular complexity index is 703. The van der Waals surface area contributed by atoms with E-state index in [2.05, 4.69) is 4.74 Å². The second kappa shape index (κ2) is 6.73. The SMILES string of the molecule is COC(=O)C1=COC(c2ccc([N+](=O)[O-])cc2)C(C(=O)OC)=C1. The number of nitro groups is 1. The number of hydrogen-bond donors (Lipinski definition) is 0. The summed E-state index contributed by atoms with van der Waals surface area (Å²) in [6.07, 6.45) is 1.65. The van der Waals surface area contributed by atoms with Crippen LogP contribution in [0.4, 0.5) is 5.69 Å². The molecule has 0 spiro atoms. The first-order chi connectivity index (χ1) is 11.0. The van der Waals surface area contributed by atoms with Crippen molar-refractivity contribution in [2.24, 2.45) is 0 Å². The first-order valence-electron chi connectivity index (χ1n) is 6.46. The Morgan fingerprint density at radius 1 is 1.13 bits per heavy atom. The van der Waals surface area contributed by atoms with Crippen molar-refractivity contribution in [1.82, 2.24) is 0 Å². The molecular formula is C15H13NO7. The number of ether oxygens (including phenoxy) is 3. The molecule has 1 aromatic rings. The Labute approximate surface area is 131 Å². The highest BCUT2D eigenvalue weighted by molar-refractivity contribution is 5.97. The van der Waals surface area contributed by atoms with Crippen LogP contribution in [0.25, 0.3) is 0 Å². The Kier molecular flexibility index (Phi) is 4.75. The maximum atomic E-state index is 11.9. The van der Waals surface area contributed by atoms with E-state index < -0.39 is 23.0 Å². The smallest absolute Gasteiger partial charge is 0.341 e. The fourth-order valence-electron chi connectivity index (χ4n) is 2.03. The largest absolute Gasteiger partial charge is 0.487 e. The maximum absolute atomic E-state index is 11.9. The summed E-state index contributed by atoms with van der Waals surface area (Å²) in [6, 6.07) is 5.54. The molecule has 0 bridgehead atoms. The van der Waals surface area contributed by atoms with Gasteiger partial charge in [-0.15, -0.1) is 0 Å². The molecule has 1 aromatic carbocycles. The van der Waals surface area contributed by atoms with E-state index in [4.69, 9.17) is 9.47 Å². The molecule has 1 aliphatic heterocycles. The number of benzene rings is 1. The van der Waals surface area contributed by atoms with E-state index in [1.807, 2.05) is 0 Å². The van der Waals surface area contributed by atoms with Crippen LogP contribution in [0.2, 0.25) is 0 Å². The Hall–Kier alpha value is -3.16. The van der Waals surface area contributed by atoms with Crippen LogP contribution in [0.5, 0.6) is 0 Å². The zero-order valence-corrected chi connectivity index (χ0v) is 12.3. The predicted octanol–water partition coefficient (Wildman–Crippen LogP) is 1.82. The fourth-order valence-corrected chi connectivity index (χ4v) is 2.03. The second-order valence-electron chi connectivity index (χ2n) is 4.52. The molecule has 0 saturated carbocycles. The summed E-state index contributed by atoms with van der Waals surface area (Å²) in [6.45, 7) is 0. The zero-order chi connectivity index (χ0) is 17.0. The lowest BCUT2D eigenvalue weighted by molar-refractivity contribution is -0.384. The van der Waals surface area contributed by atoms with Crippen molar-refractivity contribution in [3.8, 4) is 0 Å². The quantitative estimate of drug-likeness (QED) is 0.473. The molecule has 1 aliphatic rings. The van der Waals surface area contributed by atoms with E-state index in [0.29, 0.717) is 5.56 Å².